The number of aliphatic hydroxyl groups excluding tert-OH is 1. The van der Waals surface area contributed by atoms with Gasteiger partial charge >= 0.3 is 12.1 Å². The number of aromatic amines is 1. The number of anilines is 1. The molecule has 1 aliphatic rings. The van der Waals surface area contributed by atoms with E-state index in [1.165, 1.54) is 0 Å². The number of carboxylic acid groups (broad SMARTS) is 1. The van der Waals surface area contributed by atoms with Crippen molar-refractivity contribution in [3.8, 4) is 11.1 Å². The second kappa shape index (κ2) is 9.49. The van der Waals surface area contributed by atoms with Gasteiger partial charge < -0.3 is 20.3 Å². The minimum absolute atomic E-state index is 0.0812. The molecular formula is C22H21N5O6. The Morgan fingerprint density at radius 1 is 1.06 bits per heavy atom. The SMILES string of the molecule is O=C(Nc1n[nH]c(C(=O)NCC[C@H](O)C(=O)O)n1)OCC1c2ccccc2-c2ccccc21. The Balaban J connectivity index is 1.31. The Kier molecular flexibility index (Phi) is 6.31. The maximum absolute atomic E-state index is 12.3. The zero-order valence-corrected chi connectivity index (χ0v) is 17.3. The number of hydrogen-bond acceptors (Lipinski definition) is 7. The zero-order valence-electron chi connectivity index (χ0n) is 17.3. The van der Waals surface area contributed by atoms with Crippen LogP contribution in [-0.2, 0) is 9.53 Å². The van der Waals surface area contributed by atoms with Crippen LogP contribution in [0.15, 0.2) is 48.5 Å². The molecule has 0 fully saturated rings. The maximum atomic E-state index is 12.3. The summed E-state index contributed by atoms with van der Waals surface area (Å²) in [6.07, 6.45) is -2.52. The van der Waals surface area contributed by atoms with E-state index in [1.807, 2.05) is 48.5 Å². The summed E-state index contributed by atoms with van der Waals surface area (Å²) in [7, 11) is 0. The van der Waals surface area contributed by atoms with Crippen molar-refractivity contribution in [3.05, 3.63) is 65.5 Å². The van der Waals surface area contributed by atoms with Crippen LogP contribution >= 0.6 is 0 Å². The van der Waals surface area contributed by atoms with Crippen LogP contribution in [0.1, 0.15) is 34.1 Å². The lowest BCUT2D eigenvalue weighted by atomic mass is 9.98. The maximum Gasteiger partial charge on any atom is 0.414 e. The van der Waals surface area contributed by atoms with Crippen molar-refractivity contribution in [2.24, 2.45) is 0 Å². The lowest BCUT2D eigenvalue weighted by Gasteiger charge is -2.13. The molecule has 1 heterocycles. The lowest BCUT2D eigenvalue weighted by Crippen LogP contribution is -2.30. The first kappa shape index (κ1) is 22.0. The van der Waals surface area contributed by atoms with Crippen molar-refractivity contribution >= 4 is 23.9 Å². The average Bonchev–Trinajstić information content (AvgIpc) is 3.40. The largest absolute Gasteiger partial charge is 0.479 e. The predicted molar refractivity (Wildman–Crippen MR) is 116 cm³/mol. The first-order valence-corrected chi connectivity index (χ1v) is 10.2. The molecule has 2 amide bonds. The molecule has 0 spiro atoms. The number of carbonyl (C=O) groups excluding carboxylic acids is 2. The van der Waals surface area contributed by atoms with Crippen molar-refractivity contribution < 1.29 is 29.3 Å². The number of aliphatic hydroxyl groups is 1. The molecule has 0 bridgehead atoms. The number of benzene rings is 2. The summed E-state index contributed by atoms with van der Waals surface area (Å²) in [4.78, 5) is 38.7. The fraction of sp³-hybridized carbons (Fsp3) is 0.227. The smallest absolute Gasteiger partial charge is 0.414 e. The number of rotatable bonds is 8. The Morgan fingerprint density at radius 2 is 1.70 bits per heavy atom. The number of ether oxygens (including phenoxy) is 1. The van der Waals surface area contributed by atoms with Crippen LogP contribution in [0.5, 0.6) is 0 Å². The van der Waals surface area contributed by atoms with E-state index in [-0.39, 0.29) is 37.3 Å². The van der Waals surface area contributed by atoms with Crippen molar-refractivity contribution in [1.82, 2.24) is 20.5 Å². The molecule has 1 aromatic heterocycles. The zero-order chi connectivity index (χ0) is 23.4. The predicted octanol–water partition coefficient (Wildman–Crippen LogP) is 1.73. The van der Waals surface area contributed by atoms with Crippen LogP contribution < -0.4 is 10.6 Å². The Labute approximate surface area is 187 Å². The van der Waals surface area contributed by atoms with Gasteiger partial charge in [-0.1, -0.05) is 48.5 Å². The normalized spacial score (nSPS) is 13.0. The monoisotopic (exact) mass is 451 g/mol. The molecule has 5 N–H and O–H groups in total. The van der Waals surface area contributed by atoms with Crippen LogP contribution in [0, 0.1) is 0 Å². The minimum atomic E-state index is -1.58. The Hall–Kier alpha value is -4.25. The number of aliphatic carboxylic acids is 1. The van der Waals surface area contributed by atoms with Gasteiger partial charge in [0, 0.05) is 18.9 Å². The summed E-state index contributed by atoms with van der Waals surface area (Å²) in [5, 5.41) is 28.7. The van der Waals surface area contributed by atoms with Crippen molar-refractivity contribution in [1.29, 1.82) is 0 Å². The molecule has 1 aliphatic carbocycles. The molecule has 0 saturated carbocycles. The third kappa shape index (κ3) is 4.83. The Bertz CT molecular complexity index is 1150. The van der Waals surface area contributed by atoms with Crippen LogP contribution in [0.3, 0.4) is 0 Å². The summed E-state index contributed by atoms with van der Waals surface area (Å²) in [5.74, 6) is -2.48. The summed E-state index contributed by atoms with van der Waals surface area (Å²) in [6, 6.07) is 15.9. The molecule has 11 heteroatoms. The van der Waals surface area contributed by atoms with Gasteiger partial charge in [-0.15, -0.1) is 5.10 Å². The van der Waals surface area contributed by atoms with Gasteiger partial charge in [-0.2, -0.15) is 4.98 Å². The van der Waals surface area contributed by atoms with E-state index >= 15 is 0 Å². The molecular weight excluding hydrogens is 430 g/mol. The second-order valence-corrected chi connectivity index (χ2v) is 7.36. The summed E-state index contributed by atoms with van der Waals surface area (Å²) < 4.78 is 5.40. The lowest BCUT2D eigenvalue weighted by molar-refractivity contribution is -0.146. The quantitative estimate of drug-likeness (QED) is 0.345. The third-order valence-electron chi connectivity index (χ3n) is 5.25. The summed E-state index contributed by atoms with van der Waals surface area (Å²) in [5.41, 5.74) is 4.39. The highest BCUT2D eigenvalue weighted by molar-refractivity contribution is 5.91. The van der Waals surface area contributed by atoms with Gasteiger partial charge in [0.2, 0.25) is 5.82 Å². The number of carbonyl (C=O) groups is 3. The summed E-state index contributed by atoms with van der Waals surface area (Å²) >= 11 is 0. The second-order valence-electron chi connectivity index (χ2n) is 7.36. The van der Waals surface area contributed by atoms with E-state index in [9.17, 15) is 19.5 Å². The highest BCUT2D eigenvalue weighted by Crippen LogP contribution is 2.44. The van der Waals surface area contributed by atoms with Crippen molar-refractivity contribution in [2.75, 3.05) is 18.5 Å². The highest BCUT2D eigenvalue weighted by Gasteiger charge is 2.29. The van der Waals surface area contributed by atoms with Crippen molar-refractivity contribution in [3.63, 3.8) is 0 Å². The molecule has 0 saturated heterocycles. The van der Waals surface area contributed by atoms with E-state index < -0.39 is 24.1 Å². The number of aromatic nitrogens is 3. The number of H-pyrrole nitrogens is 1. The van der Waals surface area contributed by atoms with Gasteiger partial charge in [0.15, 0.2) is 6.10 Å². The molecule has 33 heavy (non-hydrogen) atoms. The number of nitrogens with one attached hydrogen (secondary N) is 3. The molecule has 0 radical (unpaired) electrons. The molecule has 1 atom stereocenters. The minimum Gasteiger partial charge on any atom is -0.479 e. The van der Waals surface area contributed by atoms with E-state index in [0.29, 0.717) is 0 Å². The molecule has 11 nitrogen and oxygen atoms in total. The molecule has 0 aliphatic heterocycles. The first-order valence-electron chi connectivity index (χ1n) is 10.2. The first-order chi connectivity index (χ1) is 15.9. The van der Waals surface area contributed by atoms with E-state index in [1.54, 1.807) is 0 Å². The van der Waals surface area contributed by atoms with Gasteiger partial charge in [-0.25, -0.2) is 9.59 Å². The van der Waals surface area contributed by atoms with Gasteiger partial charge in [0.1, 0.15) is 6.61 Å². The number of hydrogen-bond donors (Lipinski definition) is 5. The summed E-state index contributed by atoms with van der Waals surface area (Å²) in [6.45, 7) is 0.0334. The van der Waals surface area contributed by atoms with E-state index in [4.69, 9.17) is 9.84 Å². The van der Waals surface area contributed by atoms with Crippen LogP contribution in [0.2, 0.25) is 0 Å². The average molecular weight is 451 g/mol. The molecule has 2 aromatic carbocycles. The molecule has 4 rings (SSSR count). The fourth-order valence-electron chi connectivity index (χ4n) is 3.67. The Morgan fingerprint density at radius 3 is 2.33 bits per heavy atom. The highest BCUT2D eigenvalue weighted by atomic mass is 16.5. The fourth-order valence-corrected chi connectivity index (χ4v) is 3.67. The van der Waals surface area contributed by atoms with Gasteiger partial charge in [0.05, 0.1) is 0 Å². The van der Waals surface area contributed by atoms with Gasteiger partial charge in [0.25, 0.3) is 11.9 Å². The van der Waals surface area contributed by atoms with Crippen LogP contribution in [0.4, 0.5) is 10.7 Å². The van der Waals surface area contributed by atoms with Gasteiger partial charge in [-0.3, -0.25) is 15.2 Å². The molecule has 3 aromatic rings. The number of fused-ring (bicyclic) bond motifs is 3. The number of amides is 2. The molecule has 170 valence electrons. The van der Waals surface area contributed by atoms with E-state index in [2.05, 4.69) is 25.8 Å². The standard InChI is InChI=1S/C22H21N5O6/c28-17(20(30)31)9-10-23-19(29)18-24-21(27-26-18)25-22(32)33-11-16-14-7-3-1-5-12(14)13-6-2-4-8-15(13)16/h1-8,16-17,28H,9-11H2,(H,23,29)(H,30,31)(H2,24,25,26,27,32)/t17-/m0/s1. The topological polar surface area (TPSA) is 167 Å². The van der Waals surface area contributed by atoms with Gasteiger partial charge in [-0.05, 0) is 22.3 Å². The molecule has 0 unspecified atom stereocenters. The third-order valence-corrected chi connectivity index (χ3v) is 5.25. The number of carboxylic acids is 1. The van der Waals surface area contributed by atoms with Crippen LogP contribution in [0.25, 0.3) is 11.1 Å². The van der Waals surface area contributed by atoms with Crippen LogP contribution in [-0.4, -0.2) is 62.6 Å². The number of nitrogens with zero attached hydrogens (tertiary/aromatic N) is 2. The van der Waals surface area contributed by atoms with Crippen molar-refractivity contribution in [2.45, 2.75) is 18.4 Å². The van der Waals surface area contributed by atoms with E-state index in [0.717, 1.165) is 22.3 Å².